The molecular formula is C42H30N3O2+3. The van der Waals surface area contributed by atoms with Crippen molar-refractivity contribution in [2.24, 2.45) is 0 Å². The number of benzene rings is 4. The molecule has 3 aliphatic heterocycles. The molecule has 1 unspecified atom stereocenters. The van der Waals surface area contributed by atoms with Crippen molar-refractivity contribution in [3.05, 3.63) is 162 Å². The van der Waals surface area contributed by atoms with Gasteiger partial charge in [0, 0.05) is 30.3 Å². The molecule has 5 nitrogen and oxygen atoms in total. The minimum absolute atomic E-state index is 0.248. The smallest absolute Gasteiger partial charge is 0.419 e. The average Bonchev–Trinajstić information content (AvgIpc) is 3.58. The second kappa shape index (κ2) is 9.54. The second-order valence-corrected chi connectivity index (χ2v) is 12.7. The average molecular weight is 609 g/mol. The fourth-order valence-electron chi connectivity index (χ4n) is 8.28. The van der Waals surface area contributed by atoms with Crippen molar-refractivity contribution in [2.45, 2.75) is 19.1 Å². The monoisotopic (exact) mass is 608 g/mol. The van der Waals surface area contributed by atoms with Gasteiger partial charge in [0.2, 0.25) is 17.1 Å². The second-order valence-electron chi connectivity index (χ2n) is 12.7. The van der Waals surface area contributed by atoms with E-state index in [2.05, 4.69) is 154 Å². The van der Waals surface area contributed by atoms with Crippen molar-refractivity contribution in [3.8, 4) is 44.9 Å². The van der Waals surface area contributed by atoms with Crippen molar-refractivity contribution >= 4 is 16.7 Å². The van der Waals surface area contributed by atoms with E-state index in [9.17, 15) is 4.79 Å². The fourth-order valence-corrected chi connectivity index (χ4v) is 8.28. The lowest BCUT2D eigenvalue weighted by atomic mass is 9.84. The first kappa shape index (κ1) is 26.3. The predicted octanol–water partition coefficient (Wildman–Crippen LogP) is 6.77. The molecule has 0 amide bonds. The molecule has 222 valence electrons. The van der Waals surface area contributed by atoms with Gasteiger partial charge in [-0.05, 0) is 59.8 Å². The van der Waals surface area contributed by atoms with E-state index in [-0.39, 0.29) is 12.6 Å². The molecule has 10 rings (SSSR count). The summed E-state index contributed by atoms with van der Waals surface area (Å²) in [6, 6.07) is 45.2. The van der Waals surface area contributed by atoms with Crippen LogP contribution in [0.5, 0.6) is 0 Å². The maximum atomic E-state index is 14.5. The van der Waals surface area contributed by atoms with Gasteiger partial charge in [-0.25, -0.2) is 4.79 Å². The molecule has 1 atom stereocenters. The molecule has 6 heterocycles. The highest BCUT2D eigenvalue weighted by Gasteiger charge is 2.69. The number of rotatable bonds is 1. The Morgan fingerprint density at radius 1 is 0.660 bits per heavy atom. The Bertz CT molecular complexity index is 2480. The van der Waals surface area contributed by atoms with E-state index < -0.39 is 5.66 Å². The zero-order valence-electron chi connectivity index (χ0n) is 25.9. The summed E-state index contributed by atoms with van der Waals surface area (Å²) >= 11 is 0. The molecule has 1 spiro atoms. The molecule has 0 radical (unpaired) electrons. The lowest BCUT2D eigenvalue weighted by Crippen LogP contribution is -2.73. The minimum Gasteiger partial charge on any atom is -0.451 e. The van der Waals surface area contributed by atoms with Crippen LogP contribution in [0.25, 0.3) is 55.7 Å². The standard InChI is InChI=1S/C42H30N3O2/c1-27-16-18-28(19-17-27)30-25-37-32-11-4-5-14-35(32)42-39-33(36-15-6-7-21-44(36)42)12-8-13-34(39)40-31-10-3-2-9-29(31)20-22-43(40)23-24-47-41(46)38(26-30)45(37)42/h2-22,25-26H,23-24H2,1H3/q+3. The van der Waals surface area contributed by atoms with Crippen molar-refractivity contribution in [1.82, 2.24) is 0 Å². The van der Waals surface area contributed by atoms with Gasteiger partial charge in [-0.15, -0.1) is 9.13 Å². The lowest BCUT2D eigenvalue weighted by Gasteiger charge is -2.20. The number of hydrogen-bond donors (Lipinski definition) is 0. The molecular weight excluding hydrogens is 578 g/mol. The van der Waals surface area contributed by atoms with Crippen LogP contribution in [0.3, 0.4) is 0 Å². The summed E-state index contributed by atoms with van der Waals surface area (Å²) in [6.07, 6.45) is 4.30. The third kappa shape index (κ3) is 3.43. The maximum absolute atomic E-state index is 14.5. The van der Waals surface area contributed by atoms with E-state index in [1.165, 1.54) is 10.9 Å². The van der Waals surface area contributed by atoms with Gasteiger partial charge in [0.05, 0.1) is 22.1 Å². The Balaban J connectivity index is 1.42. The van der Waals surface area contributed by atoms with Crippen LogP contribution >= 0.6 is 0 Å². The Kier molecular flexibility index (Phi) is 5.33. The lowest BCUT2D eigenvalue weighted by molar-refractivity contribution is -0.955. The largest absolute Gasteiger partial charge is 0.451 e. The number of aromatic nitrogens is 3. The van der Waals surface area contributed by atoms with E-state index in [1.54, 1.807) is 0 Å². The summed E-state index contributed by atoms with van der Waals surface area (Å²) in [5.74, 6) is -0.332. The third-order valence-electron chi connectivity index (χ3n) is 10.2. The van der Waals surface area contributed by atoms with Crippen LogP contribution in [-0.4, -0.2) is 12.6 Å². The quantitative estimate of drug-likeness (QED) is 0.152. The summed E-state index contributed by atoms with van der Waals surface area (Å²) in [6.45, 7) is 2.87. The summed E-state index contributed by atoms with van der Waals surface area (Å²) < 4.78 is 13.1. The Labute approximate surface area is 272 Å². The summed E-state index contributed by atoms with van der Waals surface area (Å²) in [7, 11) is 0. The molecule has 0 fully saturated rings. The van der Waals surface area contributed by atoms with E-state index in [4.69, 9.17) is 4.74 Å². The SMILES string of the molecule is Cc1ccc(-c2cc3[n+]4c(c2)-c2ccccc2C42c4c(cccc4-c4cccc[n+]42)-c2c4ccccc4cc[n+]2CCOC3=O)cc1. The highest BCUT2D eigenvalue weighted by Crippen LogP contribution is 2.51. The molecule has 5 heteroatoms. The van der Waals surface area contributed by atoms with Gasteiger partial charge in [-0.2, -0.15) is 4.57 Å². The Morgan fingerprint density at radius 3 is 2.34 bits per heavy atom. The maximum Gasteiger partial charge on any atom is 0.419 e. The number of cyclic esters (lactones) is 1. The molecule has 0 aliphatic carbocycles. The van der Waals surface area contributed by atoms with E-state index >= 15 is 0 Å². The molecule has 7 aromatic rings. The minimum atomic E-state index is -0.881. The number of carbonyl (C=O) groups is 1. The van der Waals surface area contributed by atoms with Crippen LogP contribution in [0.2, 0.25) is 0 Å². The Hall–Kier alpha value is -5.94. The first-order chi connectivity index (χ1) is 23.1. The first-order valence-electron chi connectivity index (χ1n) is 16.2. The highest BCUT2D eigenvalue weighted by atomic mass is 16.5. The van der Waals surface area contributed by atoms with Gasteiger partial charge < -0.3 is 4.74 Å². The van der Waals surface area contributed by atoms with Crippen molar-refractivity contribution < 1.29 is 23.2 Å². The highest BCUT2D eigenvalue weighted by molar-refractivity contribution is 5.96. The number of nitrogens with zero attached hydrogens (tertiary/aromatic N) is 3. The van der Waals surface area contributed by atoms with Crippen LogP contribution in [0.15, 0.2) is 140 Å². The van der Waals surface area contributed by atoms with Gasteiger partial charge >= 0.3 is 11.6 Å². The number of ether oxygens (including phenoxy) is 1. The predicted molar refractivity (Wildman–Crippen MR) is 179 cm³/mol. The third-order valence-corrected chi connectivity index (χ3v) is 10.2. The van der Waals surface area contributed by atoms with Gasteiger partial charge in [-0.1, -0.05) is 66.2 Å². The number of hydrogen-bond acceptors (Lipinski definition) is 2. The number of aryl methyl sites for hydroxylation is 1. The first-order valence-corrected chi connectivity index (χ1v) is 16.2. The molecule has 3 aliphatic rings. The van der Waals surface area contributed by atoms with E-state index in [0.717, 1.165) is 61.4 Å². The van der Waals surface area contributed by atoms with Gasteiger partial charge in [0.25, 0.3) is 5.69 Å². The van der Waals surface area contributed by atoms with Gasteiger partial charge in [0.15, 0.2) is 25.5 Å². The zero-order valence-corrected chi connectivity index (χ0v) is 25.9. The van der Waals surface area contributed by atoms with E-state index in [0.29, 0.717) is 12.2 Å². The van der Waals surface area contributed by atoms with Crippen molar-refractivity contribution in [1.29, 1.82) is 0 Å². The summed E-state index contributed by atoms with van der Waals surface area (Å²) in [4.78, 5) is 14.5. The molecule has 0 N–H and O–H groups in total. The van der Waals surface area contributed by atoms with Gasteiger partial charge in [0.1, 0.15) is 11.1 Å². The normalized spacial score (nSPS) is 16.7. The fraction of sp³-hybridized carbons (Fsp3) is 0.0952. The van der Waals surface area contributed by atoms with E-state index in [1.807, 2.05) is 6.07 Å². The van der Waals surface area contributed by atoms with Crippen LogP contribution in [-0.2, 0) is 16.9 Å². The topological polar surface area (TPSA) is 37.9 Å². The van der Waals surface area contributed by atoms with Crippen molar-refractivity contribution in [3.63, 3.8) is 0 Å². The summed E-state index contributed by atoms with van der Waals surface area (Å²) in [5, 5.41) is 2.33. The van der Waals surface area contributed by atoms with Crippen LogP contribution in [0.1, 0.15) is 27.2 Å². The molecule has 3 aromatic heterocycles. The number of fused-ring (bicyclic) bond motifs is 8. The van der Waals surface area contributed by atoms with Crippen molar-refractivity contribution in [2.75, 3.05) is 6.61 Å². The zero-order chi connectivity index (χ0) is 31.3. The number of esters is 1. The number of pyridine rings is 3. The number of carbonyl (C=O) groups excluding carboxylic acids is 1. The Morgan fingerprint density at radius 2 is 1.43 bits per heavy atom. The molecule has 0 saturated carbocycles. The molecule has 0 bridgehead atoms. The molecule has 0 saturated heterocycles. The van der Waals surface area contributed by atoms with Crippen LogP contribution < -0.4 is 13.7 Å². The summed E-state index contributed by atoms with van der Waals surface area (Å²) in [5.41, 5.74) is 11.8. The molecule has 47 heavy (non-hydrogen) atoms. The van der Waals surface area contributed by atoms with Crippen LogP contribution in [0, 0.1) is 6.92 Å². The van der Waals surface area contributed by atoms with Crippen LogP contribution in [0.4, 0.5) is 0 Å². The molecule has 4 aromatic carbocycles. The van der Waals surface area contributed by atoms with Gasteiger partial charge in [-0.3, -0.25) is 0 Å².